The van der Waals surface area contributed by atoms with Crippen LogP contribution in [-0.4, -0.2) is 51.4 Å². The minimum Gasteiger partial charge on any atom is -0.374 e. The van der Waals surface area contributed by atoms with Gasteiger partial charge < -0.3 is 19.9 Å². The van der Waals surface area contributed by atoms with Crippen LogP contribution in [0.25, 0.3) is 0 Å². The van der Waals surface area contributed by atoms with E-state index in [0.717, 1.165) is 11.0 Å². The van der Waals surface area contributed by atoms with Crippen molar-refractivity contribution in [3.63, 3.8) is 0 Å². The second-order valence-electron chi connectivity index (χ2n) is 6.79. The predicted molar refractivity (Wildman–Crippen MR) is 87.9 cm³/mol. The lowest BCUT2D eigenvalue weighted by atomic mass is 9.97. The molecule has 0 aromatic carbocycles. The average Bonchev–Trinajstić information content (AvgIpc) is 2.90. The Labute approximate surface area is 146 Å². The number of hydrogen-bond acceptors (Lipinski definition) is 3. The van der Waals surface area contributed by atoms with Crippen molar-refractivity contribution >= 4 is 6.03 Å². The number of urea groups is 1. The third kappa shape index (κ3) is 5.10. The Balaban J connectivity index is 2.73. The first-order valence-corrected chi connectivity index (χ1v) is 8.17. The Morgan fingerprint density at radius 3 is 2.44 bits per heavy atom. The van der Waals surface area contributed by atoms with E-state index in [1.54, 1.807) is 7.05 Å². The van der Waals surface area contributed by atoms with Crippen LogP contribution in [-0.2, 0) is 12.6 Å². The van der Waals surface area contributed by atoms with Crippen LogP contribution >= 0.6 is 0 Å². The first kappa shape index (κ1) is 21.3. The number of amides is 2. The van der Waals surface area contributed by atoms with Gasteiger partial charge >= 0.3 is 12.2 Å². The van der Waals surface area contributed by atoms with E-state index in [4.69, 9.17) is 0 Å². The second-order valence-corrected chi connectivity index (χ2v) is 6.79. The average molecular weight is 364 g/mol. The molecule has 2 N–H and O–H groups in total. The zero-order chi connectivity index (χ0) is 19.4. The number of carbonyl (C=O) groups is 1. The van der Waals surface area contributed by atoms with Crippen molar-refractivity contribution in [2.45, 2.75) is 51.4 Å². The van der Waals surface area contributed by atoms with E-state index >= 15 is 0 Å². The van der Waals surface area contributed by atoms with Gasteiger partial charge in [-0.3, -0.25) is 0 Å². The molecule has 6 nitrogen and oxygen atoms in total. The number of aliphatic hydroxyl groups is 1. The van der Waals surface area contributed by atoms with Crippen LogP contribution in [0.2, 0.25) is 0 Å². The number of rotatable bonds is 7. The number of aryl methyl sites for hydroxylation is 1. The summed E-state index contributed by atoms with van der Waals surface area (Å²) in [5.74, 6) is -0.111. The van der Waals surface area contributed by atoms with Gasteiger partial charge in [-0.25, -0.2) is 9.78 Å². The van der Waals surface area contributed by atoms with Crippen LogP contribution in [0, 0.1) is 5.92 Å². The van der Waals surface area contributed by atoms with E-state index in [2.05, 4.69) is 10.3 Å². The fraction of sp³-hybridized carbons (Fsp3) is 0.750. The van der Waals surface area contributed by atoms with E-state index < -0.39 is 30.1 Å². The second kappa shape index (κ2) is 8.07. The number of nitrogens with one attached hydrogen (secondary N) is 1. The normalized spacial score (nSPS) is 15.8. The molecule has 0 aliphatic carbocycles. The molecule has 1 rings (SSSR count). The summed E-state index contributed by atoms with van der Waals surface area (Å²) in [6, 6.07) is -0.520. The summed E-state index contributed by atoms with van der Waals surface area (Å²) in [7, 11) is 2.97. The van der Waals surface area contributed by atoms with E-state index in [9.17, 15) is 23.1 Å². The molecular weight excluding hydrogens is 337 g/mol. The molecule has 2 atom stereocenters. The molecule has 0 spiro atoms. The summed E-state index contributed by atoms with van der Waals surface area (Å²) in [4.78, 5) is 17.2. The van der Waals surface area contributed by atoms with Gasteiger partial charge in [0.1, 0.15) is 5.82 Å². The van der Waals surface area contributed by atoms with E-state index in [1.807, 2.05) is 20.8 Å². The number of imidazole rings is 1. The van der Waals surface area contributed by atoms with E-state index in [0.29, 0.717) is 5.92 Å². The lowest BCUT2D eigenvalue weighted by Gasteiger charge is -2.31. The largest absolute Gasteiger partial charge is 0.424 e. The fourth-order valence-corrected chi connectivity index (χ4v) is 2.66. The molecule has 0 fully saturated rings. The van der Waals surface area contributed by atoms with Gasteiger partial charge in [-0.1, -0.05) is 13.8 Å². The Morgan fingerprint density at radius 1 is 1.40 bits per heavy atom. The molecule has 0 aliphatic heterocycles. The molecule has 9 heteroatoms. The van der Waals surface area contributed by atoms with Crippen molar-refractivity contribution in [1.82, 2.24) is 19.8 Å². The third-order valence-electron chi connectivity index (χ3n) is 4.22. The molecule has 0 bridgehead atoms. The van der Waals surface area contributed by atoms with E-state index in [1.165, 1.54) is 24.3 Å². The summed E-state index contributed by atoms with van der Waals surface area (Å²) in [5.41, 5.74) is -3.12. The zero-order valence-corrected chi connectivity index (χ0v) is 15.3. The molecule has 1 aromatic rings. The van der Waals surface area contributed by atoms with Crippen molar-refractivity contribution in [2.24, 2.45) is 13.0 Å². The van der Waals surface area contributed by atoms with Gasteiger partial charge in [0.15, 0.2) is 0 Å². The number of hydrogen-bond donors (Lipinski definition) is 2. The molecule has 0 saturated carbocycles. The molecule has 0 aliphatic rings. The third-order valence-corrected chi connectivity index (χ3v) is 4.22. The molecule has 144 valence electrons. The van der Waals surface area contributed by atoms with Crippen LogP contribution in [0.15, 0.2) is 12.4 Å². The number of aromatic nitrogens is 2. The summed E-state index contributed by atoms with van der Waals surface area (Å²) in [6.45, 7) is 5.59. The minimum atomic E-state index is -4.91. The topological polar surface area (TPSA) is 70.4 Å². The van der Waals surface area contributed by atoms with Crippen LogP contribution in [0.5, 0.6) is 0 Å². The fourth-order valence-electron chi connectivity index (χ4n) is 2.66. The minimum absolute atomic E-state index is 0.0453. The first-order chi connectivity index (χ1) is 11.4. The maximum Gasteiger partial charge on any atom is 0.424 e. The first-order valence-electron chi connectivity index (χ1n) is 8.17. The summed E-state index contributed by atoms with van der Waals surface area (Å²) in [5, 5.41) is 12.6. The highest BCUT2D eigenvalue weighted by atomic mass is 19.4. The summed E-state index contributed by atoms with van der Waals surface area (Å²) in [6.07, 6.45) is -2.34. The van der Waals surface area contributed by atoms with Gasteiger partial charge in [-0.15, -0.1) is 0 Å². The Kier molecular flexibility index (Phi) is 6.87. The molecule has 0 radical (unpaired) electrons. The van der Waals surface area contributed by atoms with Crippen LogP contribution < -0.4 is 5.32 Å². The lowest BCUT2D eigenvalue weighted by Crippen LogP contribution is -2.48. The van der Waals surface area contributed by atoms with Crippen molar-refractivity contribution in [3.05, 3.63) is 18.2 Å². The Hall–Kier alpha value is -1.77. The Morgan fingerprint density at radius 2 is 2.00 bits per heavy atom. The monoisotopic (exact) mass is 364 g/mol. The maximum atomic E-state index is 13.4. The van der Waals surface area contributed by atoms with Crippen LogP contribution in [0.4, 0.5) is 18.0 Å². The number of alkyl halides is 3. The van der Waals surface area contributed by atoms with Gasteiger partial charge in [0.2, 0.25) is 5.60 Å². The molecule has 1 heterocycles. The van der Waals surface area contributed by atoms with Gasteiger partial charge in [-0.2, -0.15) is 13.2 Å². The molecule has 1 aromatic heterocycles. The molecule has 2 amide bonds. The van der Waals surface area contributed by atoms with Crippen molar-refractivity contribution in [3.8, 4) is 0 Å². The molecule has 0 saturated heterocycles. The number of nitrogens with zero attached hydrogens (tertiary/aromatic N) is 3. The smallest absolute Gasteiger partial charge is 0.374 e. The van der Waals surface area contributed by atoms with Crippen molar-refractivity contribution < 1.29 is 23.1 Å². The maximum absolute atomic E-state index is 13.4. The number of halogens is 3. The molecule has 25 heavy (non-hydrogen) atoms. The highest BCUT2D eigenvalue weighted by molar-refractivity contribution is 5.74. The lowest BCUT2D eigenvalue weighted by molar-refractivity contribution is -0.272. The number of carbonyl (C=O) groups excluding carboxylic acids is 1. The van der Waals surface area contributed by atoms with Crippen LogP contribution in [0.3, 0.4) is 0 Å². The Bertz CT molecular complexity index is 574. The standard InChI is InChI=1S/C16H27F3N4O2/c1-11(2)10-12(3)23(5)14(24)21-7-6-15(25,16(17,18)19)13-20-8-9-22(13)4/h8-9,11-12,25H,6-7,10H2,1-5H3,(H,21,24). The molecule has 2 unspecified atom stereocenters. The van der Waals surface area contributed by atoms with Gasteiger partial charge in [0.05, 0.1) is 0 Å². The van der Waals surface area contributed by atoms with Gasteiger partial charge in [0.25, 0.3) is 0 Å². The van der Waals surface area contributed by atoms with Crippen molar-refractivity contribution in [1.29, 1.82) is 0 Å². The quantitative estimate of drug-likeness (QED) is 0.781. The van der Waals surface area contributed by atoms with Gasteiger partial charge in [0, 0.05) is 45.5 Å². The predicted octanol–water partition coefficient (Wildman–Crippen LogP) is 2.64. The van der Waals surface area contributed by atoms with Gasteiger partial charge in [-0.05, 0) is 19.3 Å². The highest BCUT2D eigenvalue weighted by Gasteiger charge is 2.57. The van der Waals surface area contributed by atoms with Crippen LogP contribution in [0.1, 0.15) is 39.4 Å². The van der Waals surface area contributed by atoms with Crippen molar-refractivity contribution in [2.75, 3.05) is 13.6 Å². The summed E-state index contributed by atoms with van der Waals surface area (Å²) < 4.78 is 41.2. The highest BCUT2D eigenvalue weighted by Crippen LogP contribution is 2.40. The summed E-state index contributed by atoms with van der Waals surface area (Å²) >= 11 is 0. The molecular formula is C16H27F3N4O2. The SMILES string of the molecule is CC(C)CC(C)N(C)C(=O)NCCC(O)(c1nccn1C)C(F)(F)F. The zero-order valence-electron chi connectivity index (χ0n) is 15.3. The van der Waals surface area contributed by atoms with E-state index in [-0.39, 0.29) is 12.6 Å².